The topological polar surface area (TPSA) is 64.2 Å². The number of benzene rings is 2. The van der Waals surface area contributed by atoms with Gasteiger partial charge in [-0.05, 0) is 36.1 Å². The van der Waals surface area contributed by atoms with Crippen LogP contribution in [-0.2, 0) is 19.5 Å². The Kier molecular flexibility index (Phi) is 7.65. The number of imidazole rings is 1. The average molecular weight is 419 g/mol. The largest absolute Gasteiger partial charge is 0.478 e. The van der Waals surface area contributed by atoms with Crippen LogP contribution in [0.2, 0.25) is 0 Å². The molecule has 2 aromatic carbocycles. The standard InChI is InChI=1S/C26H30N2O3/c1-3-5-10-16-27-19-22(13-6-4-2)28(26(27)31)18-20-14-15-23(24(17-20)25(29)30)21-11-8-7-9-12-21/h4,6-9,11-12,14-15,17,19H,3,5,10,13,16,18H2,1-2H3,(H,29,30). The lowest BCUT2D eigenvalue weighted by atomic mass is 9.97. The highest BCUT2D eigenvalue weighted by Crippen LogP contribution is 2.25. The molecule has 31 heavy (non-hydrogen) atoms. The van der Waals surface area contributed by atoms with Gasteiger partial charge in [-0.1, -0.05) is 74.4 Å². The number of nitrogens with zero attached hydrogens (tertiary/aromatic N) is 2. The summed E-state index contributed by atoms with van der Waals surface area (Å²) in [4.78, 5) is 25.0. The van der Waals surface area contributed by atoms with E-state index in [4.69, 9.17) is 0 Å². The highest BCUT2D eigenvalue weighted by atomic mass is 16.4. The Labute approximate surface area is 183 Å². The molecule has 0 aliphatic heterocycles. The Bertz CT molecular complexity index is 1110. The Balaban J connectivity index is 1.96. The van der Waals surface area contributed by atoms with Crippen LogP contribution in [-0.4, -0.2) is 20.2 Å². The molecule has 3 aromatic rings. The Morgan fingerprint density at radius 2 is 1.87 bits per heavy atom. The minimum Gasteiger partial charge on any atom is -0.478 e. The van der Waals surface area contributed by atoms with Crippen molar-refractivity contribution in [2.45, 2.75) is 52.6 Å². The number of carbonyl (C=O) groups is 1. The van der Waals surface area contributed by atoms with Crippen molar-refractivity contribution >= 4 is 5.97 Å². The molecule has 0 aliphatic rings. The number of aromatic nitrogens is 2. The number of hydrogen-bond acceptors (Lipinski definition) is 2. The molecule has 0 fully saturated rings. The van der Waals surface area contributed by atoms with Crippen molar-refractivity contribution < 1.29 is 9.90 Å². The van der Waals surface area contributed by atoms with E-state index in [1.165, 1.54) is 0 Å². The second-order valence-corrected chi connectivity index (χ2v) is 7.71. The van der Waals surface area contributed by atoms with Gasteiger partial charge in [0.25, 0.3) is 0 Å². The highest BCUT2D eigenvalue weighted by molar-refractivity contribution is 5.96. The number of carboxylic acids is 1. The lowest BCUT2D eigenvalue weighted by Gasteiger charge is -2.11. The first-order valence-electron chi connectivity index (χ1n) is 10.9. The highest BCUT2D eigenvalue weighted by Gasteiger charge is 2.15. The van der Waals surface area contributed by atoms with Crippen molar-refractivity contribution in [2.75, 3.05) is 0 Å². The SMILES string of the molecule is CC=CCc1cn(CCCCC)c(=O)n1Cc1ccc(-c2ccccc2)c(C(=O)O)c1. The first-order valence-corrected chi connectivity index (χ1v) is 10.9. The van der Waals surface area contributed by atoms with E-state index < -0.39 is 5.97 Å². The summed E-state index contributed by atoms with van der Waals surface area (Å²) in [6.07, 6.45) is 9.77. The maximum atomic E-state index is 13.0. The molecule has 1 N–H and O–H groups in total. The van der Waals surface area contributed by atoms with Crippen LogP contribution in [0.5, 0.6) is 0 Å². The van der Waals surface area contributed by atoms with Gasteiger partial charge in [-0.3, -0.25) is 9.13 Å². The third kappa shape index (κ3) is 5.43. The molecule has 0 amide bonds. The molecule has 0 aliphatic carbocycles. The normalized spacial score (nSPS) is 11.3. The predicted octanol–water partition coefficient (Wildman–Crippen LogP) is 5.37. The molecule has 5 nitrogen and oxygen atoms in total. The molecular weight excluding hydrogens is 388 g/mol. The molecule has 0 saturated heterocycles. The van der Waals surface area contributed by atoms with Crippen molar-refractivity contribution in [1.82, 2.24) is 9.13 Å². The fraction of sp³-hybridized carbons (Fsp3) is 0.308. The smallest absolute Gasteiger partial charge is 0.336 e. The summed E-state index contributed by atoms with van der Waals surface area (Å²) in [5, 5.41) is 9.79. The van der Waals surface area contributed by atoms with Crippen LogP contribution in [0.1, 0.15) is 54.7 Å². The minimum absolute atomic E-state index is 0.0420. The van der Waals surface area contributed by atoms with Gasteiger partial charge in [0.15, 0.2) is 0 Å². The van der Waals surface area contributed by atoms with Crippen LogP contribution in [0.25, 0.3) is 11.1 Å². The van der Waals surface area contributed by atoms with Crippen LogP contribution < -0.4 is 5.69 Å². The lowest BCUT2D eigenvalue weighted by Crippen LogP contribution is -2.25. The average Bonchev–Trinajstić information content (AvgIpc) is 3.07. The molecule has 0 unspecified atom stereocenters. The molecule has 3 rings (SSSR count). The number of aromatic carboxylic acids is 1. The van der Waals surface area contributed by atoms with Crippen molar-refractivity contribution in [3.05, 3.63) is 94.2 Å². The van der Waals surface area contributed by atoms with Crippen LogP contribution in [0, 0.1) is 0 Å². The Morgan fingerprint density at radius 3 is 2.55 bits per heavy atom. The van der Waals surface area contributed by atoms with E-state index >= 15 is 0 Å². The van der Waals surface area contributed by atoms with E-state index in [2.05, 4.69) is 6.92 Å². The molecule has 0 atom stereocenters. The van der Waals surface area contributed by atoms with Gasteiger partial charge in [0.1, 0.15) is 0 Å². The predicted molar refractivity (Wildman–Crippen MR) is 125 cm³/mol. The second kappa shape index (κ2) is 10.6. The molecule has 162 valence electrons. The van der Waals surface area contributed by atoms with E-state index in [9.17, 15) is 14.7 Å². The lowest BCUT2D eigenvalue weighted by molar-refractivity contribution is 0.0697. The Hall–Kier alpha value is -3.34. The number of rotatable bonds is 10. The summed E-state index contributed by atoms with van der Waals surface area (Å²) in [5.74, 6) is -0.973. The summed E-state index contributed by atoms with van der Waals surface area (Å²) < 4.78 is 3.54. The van der Waals surface area contributed by atoms with Gasteiger partial charge in [0, 0.05) is 24.9 Å². The van der Waals surface area contributed by atoms with Gasteiger partial charge < -0.3 is 5.11 Å². The van der Waals surface area contributed by atoms with E-state index in [1.54, 1.807) is 15.2 Å². The third-order valence-corrected chi connectivity index (χ3v) is 5.43. The fourth-order valence-electron chi connectivity index (χ4n) is 3.76. The van der Waals surface area contributed by atoms with Crippen LogP contribution in [0.3, 0.4) is 0 Å². The maximum absolute atomic E-state index is 13.0. The number of unbranched alkanes of at least 4 members (excludes halogenated alkanes) is 2. The molecule has 0 saturated carbocycles. The van der Waals surface area contributed by atoms with E-state index in [1.807, 2.05) is 67.7 Å². The fourth-order valence-corrected chi connectivity index (χ4v) is 3.76. The first-order chi connectivity index (χ1) is 15.0. The third-order valence-electron chi connectivity index (χ3n) is 5.43. The number of carboxylic acid groups (broad SMARTS) is 1. The van der Waals surface area contributed by atoms with Crippen LogP contribution in [0.4, 0.5) is 0 Å². The van der Waals surface area contributed by atoms with E-state index in [-0.39, 0.29) is 11.3 Å². The quantitative estimate of drug-likeness (QED) is 0.355. The van der Waals surface area contributed by atoms with Gasteiger partial charge in [-0.25, -0.2) is 9.59 Å². The first kappa shape index (κ1) is 22.3. The number of aryl methyl sites for hydroxylation is 1. The molecule has 0 bridgehead atoms. The summed E-state index contributed by atoms with van der Waals surface area (Å²) in [6.45, 7) is 5.16. The summed E-state index contributed by atoms with van der Waals surface area (Å²) in [5.41, 5.74) is 3.47. The zero-order valence-electron chi connectivity index (χ0n) is 18.3. The molecule has 1 aromatic heterocycles. The van der Waals surface area contributed by atoms with Crippen LogP contribution in [0.15, 0.2) is 71.7 Å². The molecule has 5 heteroatoms. The Morgan fingerprint density at radius 1 is 1.10 bits per heavy atom. The maximum Gasteiger partial charge on any atom is 0.336 e. The zero-order chi connectivity index (χ0) is 22.2. The van der Waals surface area contributed by atoms with Crippen molar-refractivity contribution in [1.29, 1.82) is 0 Å². The molecule has 0 spiro atoms. The number of allylic oxidation sites excluding steroid dienone is 2. The van der Waals surface area contributed by atoms with Crippen molar-refractivity contribution in [2.24, 2.45) is 0 Å². The number of hydrogen-bond donors (Lipinski definition) is 1. The molecule has 1 heterocycles. The van der Waals surface area contributed by atoms with Gasteiger partial charge in [0.2, 0.25) is 0 Å². The zero-order valence-corrected chi connectivity index (χ0v) is 18.3. The van der Waals surface area contributed by atoms with Gasteiger partial charge in [0.05, 0.1) is 12.1 Å². The van der Waals surface area contributed by atoms with E-state index in [0.29, 0.717) is 25.1 Å². The van der Waals surface area contributed by atoms with E-state index in [0.717, 1.165) is 36.1 Å². The monoisotopic (exact) mass is 418 g/mol. The summed E-state index contributed by atoms with van der Waals surface area (Å²) in [7, 11) is 0. The second-order valence-electron chi connectivity index (χ2n) is 7.71. The van der Waals surface area contributed by atoms with Crippen molar-refractivity contribution in [3.63, 3.8) is 0 Å². The van der Waals surface area contributed by atoms with Gasteiger partial charge >= 0.3 is 11.7 Å². The minimum atomic E-state index is -0.973. The molecular formula is C26H30N2O3. The van der Waals surface area contributed by atoms with Crippen LogP contribution >= 0.6 is 0 Å². The van der Waals surface area contributed by atoms with Gasteiger partial charge in [-0.2, -0.15) is 0 Å². The summed E-state index contributed by atoms with van der Waals surface area (Å²) >= 11 is 0. The van der Waals surface area contributed by atoms with Crippen molar-refractivity contribution in [3.8, 4) is 11.1 Å². The molecule has 0 radical (unpaired) electrons. The van der Waals surface area contributed by atoms with Gasteiger partial charge in [-0.15, -0.1) is 0 Å². The summed E-state index contributed by atoms with van der Waals surface area (Å²) in [6, 6.07) is 14.9.